The molecule has 2 bridgehead atoms. The van der Waals surface area contributed by atoms with Crippen molar-refractivity contribution in [2.45, 2.75) is 59.0 Å². The summed E-state index contributed by atoms with van der Waals surface area (Å²) in [5, 5.41) is 3.22. The van der Waals surface area contributed by atoms with Gasteiger partial charge < -0.3 is 10.1 Å². The first kappa shape index (κ1) is 13.4. The molecule has 0 radical (unpaired) electrons. The lowest BCUT2D eigenvalue weighted by molar-refractivity contribution is -0.155. The molecule has 0 aromatic carbocycles. The van der Waals surface area contributed by atoms with Crippen LogP contribution >= 0.6 is 0 Å². The molecular weight excluding hydrogens is 238 g/mol. The normalized spacial score (nSPS) is 39.5. The van der Waals surface area contributed by atoms with Gasteiger partial charge >= 0.3 is 5.97 Å². The van der Waals surface area contributed by atoms with Gasteiger partial charge in [-0.25, -0.2) is 0 Å². The maximum atomic E-state index is 11.9. The molecule has 108 valence electrons. The Balaban J connectivity index is 1.51. The van der Waals surface area contributed by atoms with E-state index in [-0.39, 0.29) is 17.5 Å². The molecule has 3 atom stereocenters. The molecule has 0 saturated heterocycles. The Kier molecular flexibility index (Phi) is 3.16. The van der Waals surface area contributed by atoms with E-state index in [2.05, 4.69) is 26.1 Å². The second-order valence-electron chi connectivity index (χ2n) is 7.66. The molecule has 0 aromatic rings. The van der Waals surface area contributed by atoms with Crippen molar-refractivity contribution in [3.8, 4) is 0 Å². The van der Waals surface area contributed by atoms with Crippen molar-refractivity contribution < 1.29 is 9.53 Å². The van der Waals surface area contributed by atoms with Crippen molar-refractivity contribution in [2.75, 3.05) is 13.1 Å². The molecule has 3 heteroatoms. The average molecular weight is 265 g/mol. The van der Waals surface area contributed by atoms with Crippen molar-refractivity contribution >= 4 is 5.97 Å². The van der Waals surface area contributed by atoms with Crippen LogP contribution in [0.1, 0.15) is 52.9 Å². The highest BCUT2D eigenvalue weighted by atomic mass is 16.5. The summed E-state index contributed by atoms with van der Waals surface area (Å²) in [7, 11) is 0. The van der Waals surface area contributed by atoms with Crippen LogP contribution in [0.15, 0.2) is 0 Å². The minimum atomic E-state index is -0.0600. The van der Waals surface area contributed by atoms with Crippen LogP contribution in [-0.2, 0) is 9.53 Å². The van der Waals surface area contributed by atoms with Crippen LogP contribution in [0.4, 0.5) is 0 Å². The molecule has 19 heavy (non-hydrogen) atoms. The molecule has 3 nitrogen and oxygen atoms in total. The molecule has 0 aromatic heterocycles. The fourth-order valence-corrected chi connectivity index (χ4v) is 4.21. The Labute approximate surface area is 116 Å². The summed E-state index contributed by atoms with van der Waals surface area (Å²) in [6.07, 6.45) is 6.35. The largest absolute Gasteiger partial charge is 0.461 e. The van der Waals surface area contributed by atoms with Crippen LogP contribution in [-0.4, -0.2) is 25.2 Å². The van der Waals surface area contributed by atoms with E-state index in [1.165, 1.54) is 25.7 Å². The second kappa shape index (κ2) is 4.47. The van der Waals surface area contributed by atoms with Gasteiger partial charge in [0.1, 0.15) is 6.10 Å². The van der Waals surface area contributed by atoms with Crippen LogP contribution in [0.25, 0.3) is 0 Å². The second-order valence-corrected chi connectivity index (χ2v) is 7.66. The molecule has 3 rings (SSSR count). The molecule has 1 N–H and O–H groups in total. The molecule has 3 aliphatic carbocycles. The van der Waals surface area contributed by atoms with E-state index in [0.717, 1.165) is 24.8 Å². The van der Waals surface area contributed by atoms with E-state index in [9.17, 15) is 4.79 Å². The van der Waals surface area contributed by atoms with Gasteiger partial charge in [0.25, 0.3) is 0 Å². The van der Waals surface area contributed by atoms with Crippen molar-refractivity contribution in [2.24, 2.45) is 22.7 Å². The van der Waals surface area contributed by atoms with E-state index < -0.39 is 0 Å². The third-order valence-corrected chi connectivity index (χ3v) is 6.39. The molecule has 0 heterocycles. The van der Waals surface area contributed by atoms with E-state index in [0.29, 0.717) is 12.0 Å². The van der Waals surface area contributed by atoms with Gasteiger partial charge in [-0.05, 0) is 55.9 Å². The molecular formula is C16H27NO2. The fraction of sp³-hybridized carbons (Fsp3) is 0.938. The molecule has 0 amide bonds. The molecule has 3 unspecified atom stereocenters. The first-order valence-corrected chi connectivity index (χ1v) is 7.84. The van der Waals surface area contributed by atoms with Gasteiger partial charge in [-0.1, -0.05) is 20.8 Å². The summed E-state index contributed by atoms with van der Waals surface area (Å²) < 4.78 is 5.78. The third kappa shape index (κ3) is 2.20. The minimum absolute atomic E-state index is 0.0600. The highest BCUT2D eigenvalue weighted by molar-refractivity contribution is 5.72. The van der Waals surface area contributed by atoms with E-state index in [1.807, 2.05) is 0 Å². The summed E-state index contributed by atoms with van der Waals surface area (Å²) in [6, 6.07) is 0. The minimum Gasteiger partial charge on any atom is -0.461 e. The summed E-state index contributed by atoms with van der Waals surface area (Å²) in [5.41, 5.74) is 0.503. The van der Waals surface area contributed by atoms with Gasteiger partial charge in [0, 0.05) is 5.41 Å². The van der Waals surface area contributed by atoms with Crippen LogP contribution in [0.5, 0.6) is 0 Å². The lowest BCUT2D eigenvalue weighted by atomic mass is 9.70. The summed E-state index contributed by atoms with van der Waals surface area (Å²) in [4.78, 5) is 11.9. The van der Waals surface area contributed by atoms with Gasteiger partial charge in [0.2, 0.25) is 0 Å². The number of hydrogen-bond donors (Lipinski definition) is 1. The van der Waals surface area contributed by atoms with E-state index >= 15 is 0 Å². The standard InChI is InChI=1S/C16H27NO2/c1-15(2)12-6-7-16(15,3)13(8-12)19-14(18)10-17-9-11-4-5-11/h11-13,17H,4-10H2,1-3H3. The number of fused-ring (bicyclic) bond motifs is 2. The van der Waals surface area contributed by atoms with Crippen molar-refractivity contribution in [1.82, 2.24) is 5.32 Å². The number of carbonyl (C=O) groups excluding carboxylic acids is 1. The number of rotatable bonds is 5. The smallest absolute Gasteiger partial charge is 0.320 e. The lowest BCUT2D eigenvalue weighted by Gasteiger charge is -2.38. The average Bonchev–Trinajstić information content (AvgIpc) is 3.09. The molecule has 0 aliphatic heterocycles. The Hall–Kier alpha value is -0.570. The number of esters is 1. The first-order valence-electron chi connectivity index (χ1n) is 7.84. The van der Waals surface area contributed by atoms with Crippen molar-refractivity contribution in [3.05, 3.63) is 0 Å². The third-order valence-electron chi connectivity index (χ3n) is 6.39. The highest BCUT2D eigenvalue weighted by Crippen LogP contribution is 2.66. The van der Waals surface area contributed by atoms with Crippen molar-refractivity contribution in [3.63, 3.8) is 0 Å². The van der Waals surface area contributed by atoms with Crippen molar-refractivity contribution in [1.29, 1.82) is 0 Å². The van der Waals surface area contributed by atoms with Crippen LogP contribution in [0.3, 0.4) is 0 Å². The van der Waals surface area contributed by atoms with E-state index in [4.69, 9.17) is 4.74 Å². The number of nitrogens with one attached hydrogen (secondary N) is 1. The van der Waals surface area contributed by atoms with Gasteiger partial charge in [-0.2, -0.15) is 0 Å². The highest BCUT2D eigenvalue weighted by Gasteiger charge is 2.62. The van der Waals surface area contributed by atoms with Gasteiger partial charge in [-0.3, -0.25) is 4.79 Å². The zero-order chi connectivity index (χ0) is 13.7. The number of hydrogen-bond acceptors (Lipinski definition) is 3. The zero-order valence-electron chi connectivity index (χ0n) is 12.5. The number of carbonyl (C=O) groups is 1. The Morgan fingerprint density at radius 2 is 2.00 bits per heavy atom. The van der Waals surface area contributed by atoms with Gasteiger partial charge in [0.15, 0.2) is 0 Å². The first-order chi connectivity index (χ1) is 8.93. The Morgan fingerprint density at radius 3 is 2.53 bits per heavy atom. The quantitative estimate of drug-likeness (QED) is 0.777. The predicted octanol–water partition coefficient (Wildman–Crippen LogP) is 2.74. The van der Waals surface area contributed by atoms with Crippen LogP contribution in [0.2, 0.25) is 0 Å². The molecule has 3 fully saturated rings. The SMILES string of the molecule is CC1(C)C2CCC1(C)C(OC(=O)CNCC1CC1)C2. The van der Waals surface area contributed by atoms with Crippen LogP contribution < -0.4 is 5.32 Å². The van der Waals surface area contributed by atoms with E-state index in [1.54, 1.807) is 0 Å². The molecule has 3 saturated carbocycles. The summed E-state index contributed by atoms with van der Waals surface area (Å²) >= 11 is 0. The molecule has 0 spiro atoms. The Bertz CT molecular complexity index is 375. The molecule has 3 aliphatic rings. The number of ether oxygens (including phenoxy) is 1. The lowest BCUT2D eigenvalue weighted by Crippen LogP contribution is -2.40. The summed E-state index contributed by atoms with van der Waals surface area (Å²) in [5.74, 6) is 1.48. The monoisotopic (exact) mass is 265 g/mol. The van der Waals surface area contributed by atoms with Gasteiger partial charge in [0.05, 0.1) is 6.54 Å². The predicted molar refractivity (Wildman–Crippen MR) is 74.7 cm³/mol. The maximum Gasteiger partial charge on any atom is 0.320 e. The summed E-state index contributed by atoms with van der Waals surface area (Å²) in [6.45, 7) is 8.38. The topological polar surface area (TPSA) is 38.3 Å². The maximum absolute atomic E-state index is 11.9. The van der Waals surface area contributed by atoms with Crippen LogP contribution in [0, 0.1) is 22.7 Å². The zero-order valence-corrected chi connectivity index (χ0v) is 12.5. The fourth-order valence-electron chi connectivity index (χ4n) is 4.21. The Morgan fingerprint density at radius 1 is 1.26 bits per heavy atom. The van der Waals surface area contributed by atoms with Gasteiger partial charge in [-0.15, -0.1) is 0 Å².